The summed E-state index contributed by atoms with van der Waals surface area (Å²) in [6, 6.07) is 14.9. The van der Waals surface area contributed by atoms with Gasteiger partial charge in [-0.15, -0.1) is 11.3 Å². The number of carbonyl (C=O) groups excluding carboxylic acids is 1. The molecule has 0 saturated heterocycles. The molecular weight excluding hydrogens is 398 g/mol. The van der Waals surface area contributed by atoms with Crippen molar-refractivity contribution >= 4 is 32.9 Å². The zero-order valence-electron chi connectivity index (χ0n) is 15.9. The highest BCUT2D eigenvalue weighted by Crippen LogP contribution is 2.29. The number of aromatic nitrogens is 3. The molecule has 7 heteroatoms. The van der Waals surface area contributed by atoms with Crippen molar-refractivity contribution in [2.24, 2.45) is 0 Å². The summed E-state index contributed by atoms with van der Waals surface area (Å²) in [7, 11) is 0. The highest BCUT2D eigenvalue weighted by Gasteiger charge is 2.20. The van der Waals surface area contributed by atoms with Crippen LogP contribution in [-0.4, -0.2) is 26.5 Å². The van der Waals surface area contributed by atoms with Crippen LogP contribution in [0.3, 0.4) is 0 Å². The van der Waals surface area contributed by atoms with Gasteiger partial charge in [-0.05, 0) is 34.5 Å². The third-order valence-corrected chi connectivity index (χ3v) is 5.93. The summed E-state index contributed by atoms with van der Waals surface area (Å²) in [5.41, 5.74) is 2.02. The third-order valence-electron chi connectivity index (χ3n) is 4.99. The highest BCUT2D eigenvalue weighted by atomic mass is 32.1. The van der Waals surface area contributed by atoms with Crippen LogP contribution >= 0.6 is 11.3 Å². The van der Waals surface area contributed by atoms with Crippen molar-refractivity contribution in [3.63, 3.8) is 0 Å². The number of nitrogens with zero attached hydrogens (tertiary/aromatic N) is 3. The summed E-state index contributed by atoms with van der Waals surface area (Å²) >= 11 is 1.50. The van der Waals surface area contributed by atoms with Crippen LogP contribution in [0.5, 0.6) is 0 Å². The second-order valence-electron chi connectivity index (χ2n) is 6.82. The highest BCUT2D eigenvalue weighted by molar-refractivity contribution is 7.18. The minimum absolute atomic E-state index is 0.165. The largest absolute Gasteiger partial charge is 0.460 e. The number of imidazole rings is 1. The molecule has 148 valence electrons. The zero-order chi connectivity index (χ0) is 20.5. The zero-order valence-corrected chi connectivity index (χ0v) is 16.7. The average molecular weight is 415 g/mol. The van der Waals surface area contributed by atoms with Gasteiger partial charge in [0.1, 0.15) is 6.61 Å². The van der Waals surface area contributed by atoms with Gasteiger partial charge in [0.05, 0.1) is 28.7 Å². The van der Waals surface area contributed by atoms with Gasteiger partial charge in [0, 0.05) is 24.2 Å². The van der Waals surface area contributed by atoms with Gasteiger partial charge < -0.3 is 9.30 Å². The fourth-order valence-electron chi connectivity index (χ4n) is 3.53. The Balaban J connectivity index is 1.64. The number of thiophene rings is 1. The summed E-state index contributed by atoms with van der Waals surface area (Å²) in [6.07, 6.45) is 6.89. The van der Waals surface area contributed by atoms with Gasteiger partial charge in [0.15, 0.2) is 0 Å². The van der Waals surface area contributed by atoms with Gasteiger partial charge in [0.2, 0.25) is 0 Å². The van der Waals surface area contributed by atoms with E-state index >= 15 is 0 Å². The molecule has 0 spiro atoms. The van der Waals surface area contributed by atoms with Crippen LogP contribution in [0.25, 0.3) is 26.7 Å². The van der Waals surface area contributed by atoms with Crippen LogP contribution in [0.2, 0.25) is 0 Å². The summed E-state index contributed by atoms with van der Waals surface area (Å²) in [6.45, 7) is 0.720. The van der Waals surface area contributed by atoms with Crippen molar-refractivity contribution in [2.75, 3.05) is 6.61 Å². The van der Waals surface area contributed by atoms with Crippen LogP contribution in [0, 0.1) is 0 Å². The van der Waals surface area contributed by atoms with Gasteiger partial charge in [0.25, 0.3) is 5.56 Å². The monoisotopic (exact) mass is 415 g/mol. The molecule has 0 fully saturated rings. The molecule has 0 atom stereocenters. The van der Waals surface area contributed by atoms with Gasteiger partial charge in [-0.1, -0.05) is 30.3 Å². The van der Waals surface area contributed by atoms with Crippen LogP contribution in [0.4, 0.5) is 0 Å². The molecule has 0 unspecified atom stereocenters. The van der Waals surface area contributed by atoms with E-state index in [4.69, 9.17) is 4.74 Å². The van der Waals surface area contributed by atoms with Crippen molar-refractivity contribution < 1.29 is 9.53 Å². The Kier molecular flexibility index (Phi) is 4.65. The van der Waals surface area contributed by atoms with E-state index in [-0.39, 0.29) is 12.2 Å². The predicted molar refractivity (Wildman–Crippen MR) is 117 cm³/mol. The molecule has 0 bridgehead atoms. The number of carbonyl (C=O) groups is 1. The Hall–Kier alpha value is -3.71. The first-order valence-electron chi connectivity index (χ1n) is 9.46. The van der Waals surface area contributed by atoms with E-state index in [9.17, 15) is 9.59 Å². The molecule has 0 N–H and O–H groups in total. The molecule has 0 amide bonds. The van der Waals surface area contributed by atoms with E-state index in [1.54, 1.807) is 29.2 Å². The Morgan fingerprint density at radius 3 is 2.77 bits per heavy atom. The lowest BCUT2D eigenvalue weighted by atomic mass is 10.0. The maximum absolute atomic E-state index is 13.2. The first-order valence-corrected chi connectivity index (χ1v) is 10.3. The molecule has 4 heterocycles. The topological polar surface area (TPSA) is 65.6 Å². The SMILES string of the molecule is O=C(OCCn1ccnc1)c1cc(-c2ccccc2)c(=O)n2ccc3ccsc3c12. The molecule has 0 saturated carbocycles. The maximum atomic E-state index is 13.2. The smallest absolute Gasteiger partial charge is 0.340 e. The minimum atomic E-state index is -0.453. The summed E-state index contributed by atoms with van der Waals surface area (Å²) in [5, 5.41) is 2.94. The van der Waals surface area contributed by atoms with E-state index in [1.807, 2.05) is 58.6 Å². The number of fused-ring (bicyclic) bond motifs is 3. The quantitative estimate of drug-likeness (QED) is 0.403. The van der Waals surface area contributed by atoms with E-state index < -0.39 is 5.97 Å². The minimum Gasteiger partial charge on any atom is -0.460 e. The average Bonchev–Trinajstić information content (AvgIpc) is 3.46. The van der Waals surface area contributed by atoms with E-state index in [0.29, 0.717) is 23.2 Å². The molecule has 5 rings (SSSR count). The first-order chi connectivity index (χ1) is 14.7. The molecule has 30 heavy (non-hydrogen) atoms. The number of benzene rings is 1. The van der Waals surface area contributed by atoms with Crippen molar-refractivity contribution in [2.45, 2.75) is 6.54 Å². The normalized spacial score (nSPS) is 11.2. The van der Waals surface area contributed by atoms with Crippen LogP contribution in [-0.2, 0) is 11.3 Å². The van der Waals surface area contributed by atoms with Crippen LogP contribution in [0.15, 0.2) is 83.6 Å². The molecular formula is C23H17N3O3S. The number of esters is 1. The number of hydrogen-bond donors (Lipinski definition) is 0. The summed E-state index contributed by atoms with van der Waals surface area (Å²) < 4.78 is 9.84. The summed E-state index contributed by atoms with van der Waals surface area (Å²) in [4.78, 5) is 30.3. The van der Waals surface area contributed by atoms with Gasteiger partial charge in [-0.3, -0.25) is 9.20 Å². The molecule has 1 aromatic carbocycles. The number of hydrogen-bond acceptors (Lipinski definition) is 5. The van der Waals surface area contributed by atoms with Crippen molar-refractivity contribution in [1.29, 1.82) is 0 Å². The fourth-order valence-corrected chi connectivity index (χ4v) is 4.47. The maximum Gasteiger partial charge on any atom is 0.340 e. The van der Waals surface area contributed by atoms with Crippen molar-refractivity contribution in [1.82, 2.24) is 14.0 Å². The Labute approximate surface area is 175 Å². The Morgan fingerprint density at radius 1 is 1.10 bits per heavy atom. The molecule has 0 aliphatic rings. The number of ether oxygens (including phenoxy) is 1. The van der Waals surface area contributed by atoms with Gasteiger partial charge in [-0.2, -0.15) is 0 Å². The fraction of sp³-hybridized carbons (Fsp3) is 0.0870. The lowest BCUT2D eigenvalue weighted by molar-refractivity contribution is 0.0493. The molecule has 0 radical (unpaired) electrons. The van der Waals surface area contributed by atoms with Gasteiger partial charge in [-0.25, -0.2) is 9.78 Å². The lowest BCUT2D eigenvalue weighted by Gasteiger charge is -2.12. The molecule has 0 aliphatic carbocycles. The number of pyridine rings is 2. The first kappa shape index (κ1) is 18.3. The van der Waals surface area contributed by atoms with Gasteiger partial charge >= 0.3 is 5.97 Å². The molecule has 5 aromatic rings. The second-order valence-corrected chi connectivity index (χ2v) is 7.73. The van der Waals surface area contributed by atoms with E-state index in [0.717, 1.165) is 15.6 Å². The van der Waals surface area contributed by atoms with Crippen LogP contribution in [0.1, 0.15) is 10.4 Å². The standard InChI is InChI=1S/C23H17N3O3S/c27-22-18(16-4-2-1-3-5-16)14-19(23(28)29-12-11-25-10-8-24-15-25)20-21-17(7-13-30-21)6-9-26(20)22/h1-10,13-15H,11-12H2. The Bertz CT molecular complexity index is 1400. The van der Waals surface area contributed by atoms with E-state index in [1.165, 1.54) is 11.3 Å². The lowest BCUT2D eigenvalue weighted by Crippen LogP contribution is -2.20. The van der Waals surface area contributed by atoms with Crippen molar-refractivity contribution in [3.8, 4) is 11.1 Å². The molecule has 4 aromatic heterocycles. The van der Waals surface area contributed by atoms with Crippen LogP contribution < -0.4 is 5.56 Å². The van der Waals surface area contributed by atoms with Crippen molar-refractivity contribution in [3.05, 3.63) is 94.7 Å². The second kappa shape index (κ2) is 7.61. The molecule has 6 nitrogen and oxygen atoms in total. The van der Waals surface area contributed by atoms with E-state index in [2.05, 4.69) is 4.98 Å². The number of rotatable bonds is 5. The Morgan fingerprint density at radius 2 is 1.97 bits per heavy atom. The summed E-state index contributed by atoms with van der Waals surface area (Å²) in [5.74, 6) is -0.453. The third kappa shape index (κ3) is 3.19. The predicted octanol–water partition coefficient (Wildman–Crippen LogP) is 4.23. The molecule has 0 aliphatic heterocycles.